The van der Waals surface area contributed by atoms with Crippen LogP contribution in [-0.2, 0) is 4.79 Å². The van der Waals surface area contributed by atoms with Gasteiger partial charge in [0.25, 0.3) is 5.91 Å². The lowest BCUT2D eigenvalue weighted by molar-refractivity contribution is -0.139. The molecule has 0 aromatic heterocycles. The van der Waals surface area contributed by atoms with Gasteiger partial charge >= 0.3 is 5.97 Å². The highest BCUT2D eigenvalue weighted by Crippen LogP contribution is 2.20. The first-order valence-electron chi connectivity index (χ1n) is 6.05. The number of carboxylic acids is 1. The molecule has 1 unspecified atom stereocenters. The average Bonchev–Trinajstić information content (AvgIpc) is 2.38. The van der Waals surface area contributed by atoms with Crippen molar-refractivity contribution in [2.75, 3.05) is 0 Å². The van der Waals surface area contributed by atoms with Gasteiger partial charge in [0.2, 0.25) is 0 Å². The molecule has 0 heterocycles. The summed E-state index contributed by atoms with van der Waals surface area (Å²) < 4.78 is 26.0. The predicted molar refractivity (Wildman–Crippen MR) is 69.8 cm³/mol. The molecule has 7 heteroatoms. The van der Waals surface area contributed by atoms with Crippen LogP contribution in [0.25, 0.3) is 0 Å². The van der Waals surface area contributed by atoms with E-state index in [-0.39, 0.29) is 17.0 Å². The molecule has 0 aliphatic heterocycles. The van der Waals surface area contributed by atoms with Gasteiger partial charge in [-0.05, 0) is 18.6 Å². The van der Waals surface area contributed by atoms with Crippen LogP contribution in [0.1, 0.15) is 36.5 Å². The van der Waals surface area contributed by atoms with E-state index in [1.54, 1.807) is 0 Å². The summed E-state index contributed by atoms with van der Waals surface area (Å²) in [6, 6.07) is 0.228. The smallest absolute Gasteiger partial charge is 0.326 e. The summed E-state index contributed by atoms with van der Waals surface area (Å²) in [7, 11) is 0. The Morgan fingerprint density at radius 2 is 1.95 bits per heavy atom. The second kappa shape index (κ2) is 7.19. The highest BCUT2D eigenvalue weighted by atomic mass is 35.5. The van der Waals surface area contributed by atoms with Crippen molar-refractivity contribution >= 4 is 23.5 Å². The first kappa shape index (κ1) is 16.4. The Bertz CT molecular complexity index is 523. The summed E-state index contributed by atoms with van der Waals surface area (Å²) in [6.07, 6.45) is 1.63. The Morgan fingerprint density at radius 3 is 2.50 bits per heavy atom. The molecule has 0 aliphatic rings. The van der Waals surface area contributed by atoms with E-state index in [1.165, 1.54) is 0 Å². The molecule has 1 atom stereocenters. The van der Waals surface area contributed by atoms with Crippen molar-refractivity contribution in [2.45, 2.75) is 32.2 Å². The summed E-state index contributed by atoms with van der Waals surface area (Å²) in [5.74, 6) is -4.43. The van der Waals surface area contributed by atoms with Gasteiger partial charge in [0.15, 0.2) is 11.6 Å². The fraction of sp³-hybridized carbons (Fsp3) is 0.385. The van der Waals surface area contributed by atoms with Crippen molar-refractivity contribution in [3.8, 4) is 0 Å². The van der Waals surface area contributed by atoms with Crippen molar-refractivity contribution < 1.29 is 23.5 Å². The van der Waals surface area contributed by atoms with Crippen molar-refractivity contribution in [3.63, 3.8) is 0 Å². The summed E-state index contributed by atoms with van der Waals surface area (Å²) >= 11 is 5.65. The van der Waals surface area contributed by atoms with Crippen LogP contribution in [-0.4, -0.2) is 23.0 Å². The van der Waals surface area contributed by atoms with E-state index in [2.05, 4.69) is 5.32 Å². The van der Waals surface area contributed by atoms with Gasteiger partial charge in [0.05, 0.1) is 10.6 Å². The van der Waals surface area contributed by atoms with Gasteiger partial charge in [-0.3, -0.25) is 4.79 Å². The lowest BCUT2D eigenvalue weighted by Crippen LogP contribution is -2.40. The van der Waals surface area contributed by atoms with Gasteiger partial charge in [-0.15, -0.1) is 0 Å². The van der Waals surface area contributed by atoms with Gasteiger partial charge in [-0.25, -0.2) is 13.6 Å². The molecule has 1 aromatic rings. The van der Waals surface area contributed by atoms with Gasteiger partial charge in [-0.2, -0.15) is 0 Å². The molecule has 0 radical (unpaired) electrons. The molecule has 110 valence electrons. The Balaban J connectivity index is 2.89. The Morgan fingerprint density at radius 1 is 1.35 bits per heavy atom. The van der Waals surface area contributed by atoms with Gasteiger partial charge in [0.1, 0.15) is 6.04 Å². The monoisotopic (exact) mass is 305 g/mol. The van der Waals surface area contributed by atoms with Crippen molar-refractivity contribution in [1.29, 1.82) is 0 Å². The van der Waals surface area contributed by atoms with E-state index < -0.39 is 29.6 Å². The minimum atomic E-state index is -1.22. The number of rotatable bonds is 6. The molecule has 0 saturated carbocycles. The topological polar surface area (TPSA) is 66.4 Å². The van der Waals surface area contributed by atoms with Crippen molar-refractivity contribution in [2.24, 2.45) is 0 Å². The van der Waals surface area contributed by atoms with Crippen LogP contribution >= 0.6 is 11.6 Å². The molecule has 0 spiro atoms. The highest BCUT2D eigenvalue weighted by molar-refractivity contribution is 6.33. The third kappa shape index (κ3) is 4.16. The second-order valence-corrected chi connectivity index (χ2v) is 4.66. The van der Waals surface area contributed by atoms with E-state index in [0.717, 1.165) is 6.42 Å². The standard InChI is InChI=1S/C13H14ClF2NO3/c1-2-3-4-11(13(19)20)17-12(18)7-5-9(15)10(16)6-8(7)14/h5-6,11H,2-4H2,1H3,(H,17,18)(H,19,20). The van der Waals surface area contributed by atoms with E-state index in [9.17, 15) is 18.4 Å². The number of nitrogens with one attached hydrogen (secondary N) is 1. The first-order valence-corrected chi connectivity index (χ1v) is 6.42. The number of unbranched alkanes of at least 4 members (excludes halogenated alkanes) is 1. The molecule has 0 bridgehead atoms. The maximum absolute atomic E-state index is 13.1. The number of benzene rings is 1. The minimum Gasteiger partial charge on any atom is -0.480 e. The summed E-state index contributed by atoms with van der Waals surface area (Å²) in [5.41, 5.74) is -0.298. The van der Waals surface area contributed by atoms with Crippen LogP contribution < -0.4 is 5.32 Å². The van der Waals surface area contributed by atoms with Crippen LogP contribution in [0.5, 0.6) is 0 Å². The number of carbonyl (C=O) groups is 2. The van der Waals surface area contributed by atoms with Crippen LogP contribution in [0.2, 0.25) is 5.02 Å². The van der Waals surface area contributed by atoms with Crippen molar-refractivity contribution in [1.82, 2.24) is 5.32 Å². The number of aliphatic carboxylic acids is 1. The van der Waals surface area contributed by atoms with Gasteiger partial charge in [-0.1, -0.05) is 31.4 Å². The van der Waals surface area contributed by atoms with Crippen LogP contribution in [0.15, 0.2) is 12.1 Å². The molecule has 0 fully saturated rings. The summed E-state index contributed by atoms with van der Waals surface area (Å²) in [6.45, 7) is 1.88. The zero-order valence-electron chi connectivity index (χ0n) is 10.8. The van der Waals surface area contributed by atoms with Crippen LogP contribution in [0, 0.1) is 11.6 Å². The maximum atomic E-state index is 13.1. The van der Waals surface area contributed by atoms with Gasteiger partial charge in [0, 0.05) is 0 Å². The fourth-order valence-corrected chi connectivity index (χ4v) is 1.83. The lowest BCUT2D eigenvalue weighted by atomic mass is 10.1. The normalized spacial score (nSPS) is 12.0. The molecule has 0 saturated heterocycles. The number of hydrogen-bond acceptors (Lipinski definition) is 2. The number of halogens is 3. The molecule has 1 amide bonds. The average molecular weight is 306 g/mol. The highest BCUT2D eigenvalue weighted by Gasteiger charge is 2.22. The molecule has 1 aromatic carbocycles. The van der Waals surface area contributed by atoms with E-state index >= 15 is 0 Å². The summed E-state index contributed by atoms with van der Waals surface area (Å²) in [5, 5.41) is 10.9. The third-order valence-electron chi connectivity index (χ3n) is 2.70. The SMILES string of the molecule is CCCCC(NC(=O)c1cc(F)c(F)cc1Cl)C(=O)O. The zero-order chi connectivity index (χ0) is 15.3. The molecule has 1 rings (SSSR count). The van der Waals surface area contributed by atoms with Crippen LogP contribution in [0.4, 0.5) is 8.78 Å². The molecular formula is C13H14ClF2NO3. The maximum Gasteiger partial charge on any atom is 0.326 e. The Labute approximate surface area is 119 Å². The quantitative estimate of drug-likeness (QED) is 0.794. The molecule has 2 N–H and O–H groups in total. The fourth-order valence-electron chi connectivity index (χ4n) is 1.60. The molecular weight excluding hydrogens is 292 g/mol. The Hall–Kier alpha value is -1.69. The zero-order valence-corrected chi connectivity index (χ0v) is 11.5. The van der Waals surface area contributed by atoms with Gasteiger partial charge < -0.3 is 10.4 Å². The number of hydrogen-bond donors (Lipinski definition) is 2. The minimum absolute atomic E-state index is 0.249. The largest absolute Gasteiger partial charge is 0.480 e. The third-order valence-corrected chi connectivity index (χ3v) is 3.02. The van der Waals surface area contributed by atoms with E-state index in [4.69, 9.17) is 16.7 Å². The van der Waals surface area contributed by atoms with Crippen LogP contribution in [0.3, 0.4) is 0 Å². The van der Waals surface area contributed by atoms with Crippen molar-refractivity contribution in [3.05, 3.63) is 34.4 Å². The lowest BCUT2D eigenvalue weighted by Gasteiger charge is -2.14. The molecule has 0 aliphatic carbocycles. The molecule has 4 nitrogen and oxygen atoms in total. The second-order valence-electron chi connectivity index (χ2n) is 4.25. The Kier molecular flexibility index (Phi) is 5.88. The first-order chi connectivity index (χ1) is 9.36. The molecule has 20 heavy (non-hydrogen) atoms. The predicted octanol–water partition coefficient (Wildman–Crippen LogP) is 2.99. The number of amides is 1. The number of carbonyl (C=O) groups excluding carboxylic acids is 1. The number of carboxylic acid groups (broad SMARTS) is 1. The summed E-state index contributed by atoms with van der Waals surface area (Å²) in [4.78, 5) is 22.9. The van der Waals surface area contributed by atoms with E-state index in [1.807, 2.05) is 6.92 Å². The van der Waals surface area contributed by atoms with E-state index in [0.29, 0.717) is 18.6 Å².